The van der Waals surface area contributed by atoms with Crippen molar-refractivity contribution in [2.24, 2.45) is 5.73 Å². The van der Waals surface area contributed by atoms with E-state index in [0.717, 1.165) is 55.0 Å². The third-order valence-corrected chi connectivity index (χ3v) is 4.32. The lowest BCUT2D eigenvalue weighted by molar-refractivity contribution is 0.505. The Labute approximate surface area is 117 Å². The molecule has 20 heavy (non-hydrogen) atoms. The molecule has 2 aliphatic rings. The molecule has 1 aliphatic heterocycles. The second-order valence-electron chi connectivity index (χ2n) is 5.79. The highest BCUT2D eigenvalue weighted by Crippen LogP contribution is 2.36. The van der Waals surface area contributed by atoms with Crippen molar-refractivity contribution in [2.75, 3.05) is 23.7 Å². The molecule has 1 aliphatic carbocycles. The SMILES string of the molecule is Nc1nc(N2CC[C@@H](N)C2)c2oc3c(c2n1)CCCC3. The van der Waals surface area contributed by atoms with Crippen molar-refractivity contribution in [3.63, 3.8) is 0 Å². The number of aryl methyl sites for hydroxylation is 2. The summed E-state index contributed by atoms with van der Waals surface area (Å²) in [4.78, 5) is 11.0. The Morgan fingerprint density at radius 3 is 2.85 bits per heavy atom. The monoisotopic (exact) mass is 273 g/mol. The van der Waals surface area contributed by atoms with Crippen molar-refractivity contribution in [3.8, 4) is 0 Å². The number of aromatic nitrogens is 2. The molecule has 1 atom stereocenters. The first-order chi connectivity index (χ1) is 9.72. The molecule has 0 aromatic carbocycles. The van der Waals surface area contributed by atoms with Crippen LogP contribution in [0.5, 0.6) is 0 Å². The van der Waals surface area contributed by atoms with Gasteiger partial charge in [-0.3, -0.25) is 0 Å². The number of nitrogens with two attached hydrogens (primary N) is 2. The molecule has 0 saturated carbocycles. The lowest BCUT2D eigenvalue weighted by Gasteiger charge is -2.16. The first-order valence-electron chi connectivity index (χ1n) is 7.30. The van der Waals surface area contributed by atoms with E-state index in [1.807, 2.05) is 0 Å². The average molecular weight is 273 g/mol. The van der Waals surface area contributed by atoms with E-state index in [4.69, 9.17) is 15.9 Å². The zero-order valence-corrected chi connectivity index (χ0v) is 11.4. The highest BCUT2D eigenvalue weighted by atomic mass is 16.3. The minimum atomic E-state index is 0.200. The second-order valence-corrected chi connectivity index (χ2v) is 5.79. The normalized spacial score (nSPS) is 22.4. The summed E-state index contributed by atoms with van der Waals surface area (Å²) in [5.41, 5.74) is 14.8. The van der Waals surface area contributed by atoms with Gasteiger partial charge in [-0.15, -0.1) is 0 Å². The number of furan rings is 1. The second kappa shape index (κ2) is 4.34. The summed E-state index contributed by atoms with van der Waals surface area (Å²) < 4.78 is 6.06. The van der Waals surface area contributed by atoms with Crippen LogP contribution < -0.4 is 16.4 Å². The number of fused-ring (bicyclic) bond motifs is 3. The molecule has 0 radical (unpaired) electrons. The zero-order valence-electron chi connectivity index (χ0n) is 11.4. The van der Waals surface area contributed by atoms with Crippen molar-refractivity contribution >= 4 is 22.9 Å². The molecule has 6 heteroatoms. The third-order valence-electron chi connectivity index (χ3n) is 4.32. The Hall–Kier alpha value is -1.82. The van der Waals surface area contributed by atoms with Crippen molar-refractivity contribution in [1.82, 2.24) is 9.97 Å². The molecule has 4 rings (SSSR count). The zero-order chi connectivity index (χ0) is 13.7. The molecule has 4 N–H and O–H groups in total. The summed E-state index contributed by atoms with van der Waals surface area (Å²) in [5, 5.41) is 0. The summed E-state index contributed by atoms with van der Waals surface area (Å²) in [6, 6.07) is 0.200. The Bertz CT molecular complexity index is 665. The van der Waals surface area contributed by atoms with Crippen LogP contribution in [0.3, 0.4) is 0 Å². The van der Waals surface area contributed by atoms with Crippen LogP contribution in [-0.2, 0) is 12.8 Å². The van der Waals surface area contributed by atoms with Crippen LogP contribution in [0.1, 0.15) is 30.6 Å². The van der Waals surface area contributed by atoms with Gasteiger partial charge in [0.1, 0.15) is 11.3 Å². The molecule has 1 saturated heterocycles. The van der Waals surface area contributed by atoms with Crippen molar-refractivity contribution < 1.29 is 4.42 Å². The average Bonchev–Trinajstić information content (AvgIpc) is 3.02. The molecule has 2 aromatic rings. The van der Waals surface area contributed by atoms with Gasteiger partial charge in [-0.25, -0.2) is 4.98 Å². The summed E-state index contributed by atoms with van der Waals surface area (Å²) in [5.74, 6) is 2.20. The van der Waals surface area contributed by atoms with Gasteiger partial charge in [-0.2, -0.15) is 4.98 Å². The molecule has 0 amide bonds. The maximum atomic E-state index is 6.06. The van der Waals surface area contributed by atoms with Gasteiger partial charge >= 0.3 is 0 Å². The van der Waals surface area contributed by atoms with Gasteiger partial charge in [-0.1, -0.05) is 0 Å². The molecular formula is C14H19N5O. The van der Waals surface area contributed by atoms with Gasteiger partial charge < -0.3 is 20.8 Å². The van der Waals surface area contributed by atoms with Gasteiger partial charge in [-0.05, 0) is 25.7 Å². The van der Waals surface area contributed by atoms with Crippen molar-refractivity contribution in [2.45, 2.75) is 38.1 Å². The maximum Gasteiger partial charge on any atom is 0.222 e. The van der Waals surface area contributed by atoms with E-state index in [-0.39, 0.29) is 6.04 Å². The van der Waals surface area contributed by atoms with E-state index < -0.39 is 0 Å². The molecule has 0 unspecified atom stereocenters. The quantitative estimate of drug-likeness (QED) is 0.811. The summed E-state index contributed by atoms with van der Waals surface area (Å²) in [6.45, 7) is 1.70. The van der Waals surface area contributed by atoms with Crippen LogP contribution in [-0.4, -0.2) is 29.1 Å². The van der Waals surface area contributed by atoms with Crippen LogP contribution in [0.2, 0.25) is 0 Å². The molecule has 1 fully saturated rings. The van der Waals surface area contributed by atoms with Crippen LogP contribution >= 0.6 is 0 Å². The number of hydrogen-bond acceptors (Lipinski definition) is 6. The minimum absolute atomic E-state index is 0.200. The fraction of sp³-hybridized carbons (Fsp3) is 0.571. The molecule has 6 nitrogen and oxygen atoms in total. The van der Waals surface area contributed by atoms with Crippen LogP contribution in [0.4, 0.5) is 11.8 Å². The predicted molar refractivity (Wildman–Crippen MR) is 77.7 cm³/mol. The molecular weight excluding hydrogens is 254 g/mol. The minimum Gasteiger partial charge on any atom is -0.455 e. The lowest BCUT2D eigenvalue weighted by Crippen LogP contribution is -2.27. The highest BCUT2D eigenvalue weighted by Gasteiger charge is 2.27. The number of nitrogen functional groups attached to an aromatic ring is 1. The van der Waals surface area contributed by atoms with Crippen LogP contribution in [0, 0.1) is 0 Å². The van der Waals surface area contributed by atoms with Gasteiger partial charge in [0.05, 0.1) is 0 Å². The maximum absolute atomic E-state index is 6.06. The van der Waals surface area contributed by atoms with Gasteiger partial charge in [0, 0.05) is 31.1 Å². The van der Waals surface area contributed by atoms with Crippen molar-refractivity contribution in [3.05, 3.63) is 11.3 Å². The number of nitrogens with zero attached hydrogens (tertiary/aromatic N) is 3. The van der Waals surface area contributed by atoms with E-state index in [0.29, 0.717) is 5.95 Å². The lowest BCUT2D eigenvalue weighted by atomic mass is 9.98. The van der Waals surface area contributed by atoms with E-state index in [9.17, 15) is 0 Å². The summed E-state index contributed by atoms with van der Waals surface area (Å²) in [7, 11) is 0. The number of anilines is 2. The molecule has 0 spiro atoms. The van der Waals surface area contributed by atoms with Gasteiger partial charge in [0.25, 0.3) is 0 Å². The summed E-state index contributed by atoms with van der Waals surface area (Å²) in [6.07, 6.45) is 5.36. The van der Waals surface area contributed by atoms with Gasteiger partial charge in [0.2, 0.25) is 5.95 Å². The fourth-order valence-corrected chi connectivity index (χ4v) is 3.31. The Balaban J connectivity index is 1.89. The predicted octanol–water partition coefficient (Wildman–Crippen LogP) is 1.22. The third kappa shape index (κ3) is 1.75. The van der Waals surface area contributed by atoms with Crippen LogP contribution in [0.25, 0.3) is 11.1 Å². The fourth-order valence-electron chi connectivity index (χ4n) is 3.31. The van der Waals surface area contributed by atoms with E-state index in [2.05, 4.69) is 14.9 Å². The highest BCUT2D eigenvalue weighted by molar-refractivity contribution is 5.89. The Morgan fingerprint density at radius 1 is 1.20 bits per heavy atom. The van der Waals surface area contributed by atoms with Crippen LogP contribution in [0.15, 0.2) is 4.42 Å². The first kappa shape index (κ1) is 12.0. The summed E-state index contributed by atoms with van der Waals surface area (Å²) >= 11 is 0. The molecule has 0 bridgehead atoms. The van der Waals surface area contributed by atoms with Crippen molar-refractivity contribution in [1.29, 1.82) is 0 Å². The smallest absolute Gasteiger partial charge is 0.222 e. The Morgan fingerprint density at radius 2 is 2.05 bits per heavy atom. The standard InChI is InChI=1S/C14H19N5O/c15-8-5-6-19(7-8)13-12-11(17-14(16)18-13)9-3-1-2-4-10(9)20-12/h8H,1-7,15H2,(H2,16,17,18)/t8-/m1/s1. The molecule has 106 valence electrons. The van der Waals surface area contributed by atoms with E-state index in [1.165, 1.54) is 18.4 Å². The molecule has 3 heterocycles. The van der Waals surface area contributed by atoms with E-state index in [1.54, 1.807) is 0 Å². The topological polar surface area (TPSA) is 94.2 Å². The molecule has 2 aromatic heterocycles. The largest absolute Gasteiger partial charge is 0.455 e. The van der Waals surface area contributed by atoms with E-state index >= 15 is 0 Å². The number of hydrogen-bond donors (Lipinski definition) is 2. The number of rotatable bonds is 1. The first-order valence-corrected chi connectivity index (χ1v) is 7.30. The van der Waals surface area contributed by atoms with Gasteiger partial charge in [0.15, 0.2) is 11.4 Å². The Kier molecular flexibility index (Phi) is 2.60.